The predicted octanol–water partition coefficient (Wildman–Crippen LogP) is 4.28. The third-order valence-corrected chi connectivity index (χ3v) is 3.01. The largest absolute Gasteiger partial charge is 0.496 e. The van der Waals surface area contributed by atoms with E-state index in [4.69, 9.17) is 14.8 Å². The van der Waals surface area contributed by atoms with Gasteiger partial charge in [0.15, 0.2) is 0 Å². The summed E-state index contributed by atoms with van der Waals surface area (Å²) in [5.41, 5.74) is 11.0. The minimum Gasteiger partial charge on any atom is -0.496 e. The third kappa shape index (κ3) is 2.92. The molecule has 2 aromatic rings. The highest BCUT2D eigenvalue weighted by atomic mass is 16.5. The summed E-state index contributed by atoms with van der Waals surface area (Å²) in [4.78, 5) is 2.70. The molecule has 20 heavy (non-hydrogen) atoms. The van der Waals surface area contributed by atoms with Crippen LogP contribution in [0.25, 0.3) is 21.7 Å². The van der Waals surface area contributed by atoms with E-state index in [0.717, 1.165) is 11.3 Å². The highest BCUT2D eigenvalue weighted by molar-refractivity contribution is 5.68. The zero-order chi connectivity index (χ0) is 14.5. The number of nitrogens with zero attached hydrogens (tertiary/aromatic N) is 4. The number of methoxy groups -OCH3 is 1. The van der Waals surface area contributed by atoms with Gasteiger partial charge in [0.05, 0.1) is 13.7 Å². The van der Waals surface area contributed by atoms with Crippen LogP contribution in [0.4, 0.5) is 0 Å². The molecular formula is C14H16N4O2. The van der Waals surface area contributed by atoms with Crippen molar-refractivity contribution in [2.45, 2.75) is 26.3 Å². The van der Waals surface area contributed by atoms with Crippen LogP contribution in [0.1, 0.15) is 31.1 Å². The molecule has 6 heteroatoms. The molecule has 0 fully saturated rings. The smallest absolute Gasteiger partial charge is 0.143 e. The lowest BCUT2D eigenvalue weighted by Crippen LogP contribution is -1.92. The summed E-state index contributed by atoms with van der Waals surface area (Å²) >= 11 is 0. The number of aromatic nitrogens is 1. The van der Waals surface area contributed by atoms with Crippen molar-refractivity contribution in [3.63, 3.8) is 0 Å². The maximum Gasteiger partial charge on any atom is 0.143 e. The first-order valence-corrected chi connectivity index (χ1v) is 6.30. The van der Waals surface area contributed by atoms with Crippen molar-refractivity contribution in [1.82, 2.24) is 5.16 Å². The van der Waals surface area contributed by atoms with Gasteiger partial charge in [0, 0.05) is 16.5 Å². The van der Waals surface area contributed by atoms with Gasteiger partial charge in [-0.05, 0) is 29.1 Å². The van der Waals surface area contributed by atoms with Gasteiger partial charge >= 0.3 is 0 Å². The van der Waals surface area contributed by atoms with Crippen LogP contribution >= 0.6 is 0 Å². The van der Waals surface area contributed by atoms with E-state index in [-0.39, 0.29) is 6.54 Å². The molecule has 1 aromatic carbocycles. The number of hydrogen-bond donors (Lipinski definition) is 0. The molecule has 0 radical (unpaired) electrons. The zero-order valence-corrected chi connectivity index (χ0v) is 11.7. The second kappa shape index (κ2) is 6.12. The molecule has 0 spiro atoms. The standard InChI is InChI=1S/C14H16N4O2/c1-9(2)10-4-5-14(19-3)12(6-10)13-7-11(20-17-13)8-16-18-15/h4-7,9H,8H2,1-3H3. The van der Waals surface area contributed by atoms with Crippen molar-refractivity contribution in [2.24, 2.45) is 5.11 Å². The molecular weight excluding hydrogens is 256 g/mol. The monoisotopic (exact) mass is 272 g/mol. The van der Waals surface area contributed by atoms with E-state index in [1.807, 2.05) is 18.2 Å². The van der Waals surface area contributed by atoms with Crippen molar-refractivity contribution in [3.05, 3.63) is 46.0 Å². The molecule has 0 aliphatic carbocycles. The van der Waals surface area contributed by atoms with Crippen molar-refractivity contribution in [3.8, 4) is 17.0 Å². The van der Waals surface area contributed by atoms with Gasteiger partial charge in [-0.15, -0.1) is 0 Å². The summed E-state index contributed by atoms with van der Waals surface area (Å²) in [5, 5.41) is 7.46. The normalized spacial score (nSPS) is 10.4. The minimum atomic E-state index is 0.148. The average molecular weight is 272 g/mol. The Balaban J connectivity index is 2.41. The Kier molecular flexibility index (Phi) is 4.27. The van der Waals surface area contributed by atoms with Gasteiger partial charge < -0.3 is 9.26 Å². The molecule has 0 atom stereocenters. The highest BCUT2D eigenvalue weighted by Crippen LogP contribution is 2.32. The summed E-state index contributed by atoms with van der Waals surface area (Å²) in [6.45, 7) is 4.40. The molecule has 6 nitrogen and oxygen atoms in total. The lowest BCUT2D eigenvalue weighted by Gasteiger charge is -2.10. The summed E-state index contributed by atoms with van der Waals surface area (Å²) in [5.74, 6) is 1.67. The Morgan fingerprint density at radius 2 is 2.20 bits per heavy atom. The lowest BCUT2D eigenvalue weighted by atomic mass is 9.99. The van der Waals surface area contributed by atoms with Gasteiger partial charge in [0.1, 0.15) is 17.2 Å². The van der Waals surface area contributed by atoms with E-state index in [1.54, 1.807) is 13.2 Å². The highest BCUT2D eigenvalue weighted by Gasteiger charge is 2.13. The van der Waals surface area contributed by atoms with E-state index in [1.165, 1.54) is 5.56 Å². The minimum absolute atomic E-state index is 0.148. The van der Waals surface area contributed by atoms with E-state index >= 15 is 0 Å². The summed E-state index contributed by atoms with van der Waals surface area (Å²) < 4.78 is 10.5. The Labute approximate surface area is 117 Å². The molecule has 0 unspecified atom stereocenters. The van der Waals surface area contributed by atoms with Gasteiger partial charge in [0.25, 0.3) is 0 Å². The fraction of sp³-hybridized carbons (Fsp3) is 0.357. The number of azide groups is 1. The van der Waals surface area contributed by atoms with Crippen LogP contribution in [0, 0.1) is 0 Å². The van der Waals surface area contributed by atoms with E-state index in [2.05, 4.69) is 29.0 Å². The lowest BCUT2D eigenvalue weighted by molar-refractivity contribution is 0.385. The maximum atomic E-state index is 8.31. The van der Waals surface area contributed by atoms with Gasteiger partial charge in [-0.1, -0.05) is 30.2 Å². The Bertz CT molecular complexity index is 642. The Morgan fingerprint density at radius 3 is 2.85 bits per heavy atom. The maximum absolute atomic E-state index is 8.31. The van der Waals surface area contributed by atoms with Gasteiger partial charge in [0.2, 0.25) is 0 Å². The van der Waals surface area contributed by atoms with E-state index in [0.29, 0.717) is 17.4 Å². The fourth-order valence-electron chi connectivity index (χ4n) is 1.90. The van der Waals surface area contributed by atoms with Crippen molar-refractivity contribution < 1.29 is 9.26 Å². The van der Waals surface area contributed by atoms with Crippen LogP contribution in [0.2, 0.25) is 0 Å². The van der Waals surface area contributed by atoms with Crippen LogP contribution in [0.3, 0.4) is 0 Å². The molecule has 1 heterocycles. The van der Waals surface area contributed by atoms with Crippen LogP contribution in [-0.2, 0) is 6.54 Å². The van der Waals surface area contributed by atoms with Gasteiger partial charge in [-0.2, -0.15) is 0 Å². The Morgan fingerprint density at radius 1 is 1.40 bits per heavy atom. The van der Waals surface area contributed by atoms with Crippen LogP contribution in [0.15, 0.2) is 33.9 Å². The summed E-state index contributed by atoms with van der Waals surface area (Å²) in [6.07, 6.45) is 0. The zero-order valence-electron chi connectivity index (χ0n) is 11.7. The SMILES string of the molecule is COc1ccc(C(C)C)cc1-c1cc(CN=[N+]=[N-])on1. The van der Waals surface area contributed by atoms with Crippen LogP contribution < -0.4 is 4.74 Å². The average Bonchev–Trinajstić information content (AvgIpc) is 2.93. The second-order valence-corrected chi connectivity index (χ2v) is 4.68. The molecule has 0 saturated heterocycles. The van der Waals surface area contributed by atoms with E-state index < -0.39 is 0 Å². The van der Waals surface area contributed by atoms with Gasteiger partial charge in [-0.3, -0.25) is 0 Å². The third-order valence-electron chi connectivity index (χ3n) is 3.01. The first-order valence-electron chi connectivity index (χ1n) is 6.30. The van der Waals surface area contributed by atoms with E-state index in [9.17, 15) is 0 Å². The molecule has 0 bridgehead atoms. The fourth-order valence-corrected chi connectivity index (χ4v) is 1.90. The second-order valence-electron chi connectivity index (χ2n) is 4.68. The topological polar surface area (TPSA) is 84.0 Å². The van der Waals surface area contributed by atoms with Crippen molar-refractivity contribution >= 4 is 0 Å². The number of benzene rings is 1. The molecule has 0 saturated carbocycles. The number of ether oxygens (including phenoxy) is 1. The Hall–Kier alpha value is -2.46. The molecule has 1 aromatic heterocycles. The molecule has 0 aliphatic rings. The van der Waals surface area contributed by atoms with Crippen LogP contribution in [0.5, 0.6) is 5.75 Å². The molecule has 0 N–H and O–H groups in total. The first kappa shape index (κ1) is 14.0. The van der Waals surface area contributed by atoms with Crippen LogP contribution in [-0.4, -0.2) is 12.3 Å². The predicted molar refractivity (Wildman–Crippen MR) is 75.4 cm³/mol. The summed E-state index contributed by atoms with van der Waals surface area (Å²) in [7, 11) is 1.62. The molecule has 0 amide bonds. The van der Waals surface area contributed by atoms with Gasteiger partial charge in [-0.25, -0.2) is 0 Å². The number of rotatable bonds is 5. The number of hydrogen-bond acceptors (Lipinski definition) is 4. The summed E-state index contributed by atoms with van der Waals surface area (Å²) in [6, 6.07) is 7.76. The molecule has 104 valence electrons. The van der Waals surface area contributed by atoms with Crippen molar-refractivity contribution in [2.75, 3.05) is 7.11 Å². The van der Waals surface area contributed by atoms with Crippen molar-refractivity contribution in [1.29, 1.82) is 0 Å². The molecule has 2 rings (SSSR count). The quantitative estimate of drug-likeness (QED) is 0.462. The molecule has 0 aliphatic heterocycles. The first-order chi connectivity index (χ1) is 9.65.